The number of nitrogens with one attached hydrogen (secondary N) is 1. The maximum absolute atomic E-state index is 12.4. The Morgan fingerprint density at radius 3 is 2.65 bits per heavy atom. The Morgan fingerprint density at radius 1 is 1.22 bits per heavy atom. The normalized spacial score (nSPS) is 17.4. The summed E-state index contributed by atoms with van der Waals surface area (Å²) in [5.41, 5.74) is 2.68. The van der Waals surface area contributed by atoms with Crippen molar-refractivity contribution in [2.24, 2.45) is 5.92 Å². The van der Waals surface area contributed by atoms with Crippen molar-refractivity contribution in [3.63, 3.8) is 0 Å². The second-order valence-corrected chi connectivity index (χ2v) is 6.55. The Kier molecular flexibility index (Phi) is 4.48. The Labute approximate surface area is 143 Å². The minimum absolute atomic E-state index is 0.0126. The summed E-state index contributed by atoms with van der Waals surface area (Å²) in [5.74, 6) is -0.461. The Bertz CT molecular complexity index is 746. The maximum atomic E-state index is 12.4. The quantitative estimate of drug-likeness (QED) is 0.891. The molecular formula is C18H17BrN2O2. The van der Waals surface area contributed by atoms with Crippen molar-refractivity contribution < 1.29 is 9.59 Å². The van der Waals surface area contributed by atoms with E-state index in [4.69, 9.17) is 0 Å². The predicted molar refractivity (Wildman–Crippen MR) is 94.4 cm³/mol. The van der Waals surface area contributed by atoms with Gasteiger partial charge in [0.2, 0.25) is 11.8 Å². The first-order valence-corrected chi connectivity index (χ1v) is 8.26. The van der Waals surface area contributed by atoms with Gasteiger partial charge in [-0.2, -0.15) is 0 Å². The Balaban J connectivity index is 1.69. The van der Waals surface area contributed by atoms with E-state index in [9.17, 15) is 9.59 Å². The average molecular weight is 373 g/mol. The molecule has 23 heavy (non-hydrogen) atoms. The van der Waals surface area contributed by atoms with Gasteiger partial charge in [0.05, 0.1) is 5.92 Å². The second kappa shape index (κ2) is 6.54. The van der Waals surface area contributed by atoms with Crippen LogP contribution in [-0.2, 0) is 9.59 Å². The van der Waals surface area contributed by atoms with Gasteiger partial charge in [-0.1, -0.05) is 40.2 Å². The molecule has 3 rings (SSSR count). The third-order valence-electron chi connectivity index (χ3n) is 4.00. The summed E-state index contributed by atoms with van der Waals surface area (Å²) in [4.78, 5) is 26.3. The van der Waals surface area contributed by atoms with Crippen LogP contribution < -0.4 is 10.2 Å². The van der Waals surface area contributed by atoms with Gasteiger partial charge in [-0.05, 0) is 36.8 Å². The van der Waals surface area contributed by atoms with Crippen LogP contribution in [0.25, 0.3) is 0 Å². The van der Waals surface area contributed by atoms with Crippen molar-refractivity contribution in [1.29, 1.82) is 0 Å². The van der Waals surface area contributed by atoms with Crippen molar-refractivity contribution in [2.45, 2.75) is 13.3 Å². The minimum Gasteiger partial charge on any atom is -0.326 e. The van der Waals surface area contributed by atoms with Gasteiger partial charge < -0.3 is 10.2 Å². The molecule has 1 saturated heterocycles. The highest BCUT2D eigenvalue weighted by atomic mass is 79.9. The van der Waals surface area contributed by atoms with Crippen LogP contribution in [0.5, 0.6) is 0 Å². The van der Waals surface area contributed by atoms with E-state index in [1.54, 1.807) is 4.90 Å². The van der Waals surface area contributed by atoms with E-state index in [1.165, 1.54) is 0 Å². The third-order valence-corrected chi connectivity index (χ3v) is 4.86. The lowest BCUT2D eigenvalue weighted by Gasteiger charge is -2.16. The smallest absolute Gasteiger partial charge is 0.229 e. The van der Waals surface area contributed by atoms with Crippen molar-refractivity contribution in [1.82, 2.24) is 0 Å². The van der Waals surface area contributed by atoms with Gasteiger partial charge in [0.1, 0.15) is 0 Å². The summed E-state index contributed by atoms with van der Waals surface area (Å²) in [5, 5.41) is 2.90. The average Bonchev–Trinajstić information content (AvgIpc) is 2.94. The number of carbonyl (C=O) groups is 2. The fourth-order valence-corrected chi connectivity index (χ4v) is 3.03. The lowest BCUT2D eigenvalue weighted by Crippen LogP contribution is -2.28. The van der Waals surface area contributed by atoms with Gasteiger partial charge in [-0.25, -0.2) is 0 Å². The highest BCUT2D eigenvalue weighted by molar-refractivity contribution is 9.10. The summed E-state index contributed by atoms with van der Waals surface area (Å²) in [6.07, 6.45) is 0.244. The molecule has 0 radical (unpaired) electrons. The first-order chi connectivity index (χ1) is 11.0. The molecule has 0 aromatic heterocycles. The number of rotatable bonds is 3. The van der Waals surface area contributed by atoms with Crippen molar-refractivity contribution in [3.8, 4) is 0 Å². The molecule has 5 heteroatoms. The summed E-state index contributed by atoms with van der Waals surface area (Å²) in [6.45, 7) is 2.41. The molecule has 118 valence electrons. The van der Waals surface area contributed by atoms with Gasteiger partial charge in [0, 0.05) is 28.8 Å². The number of hydrogen-bond acceptors (Lipinski definition) is 2. The molecule has 1 aliphatic heterocycles. The molecule has 1 N–H and O–H groups in total. The van der Waals surface area contributed by atoms with E-state index < -0.39 is 0 Å². The Morgan fingerprint density at radius 2 is 1.96 bits per heavy atom. The van der Waals surface area contributed by atoms with Crippen LogP contribution in [0.4, 0.5) is 11.4 Å². The zero-order valence-electron chi connectivity index (χ0n) is 12.8. The molecule has 0 spiro atoms. The molecule has 2 aromatic rings. The van der Waals surface area contributed by atoms with Gasteiger partial charge in [-0.3, -0.25) is 9.59 Å². The lowest BCUT2D eigenvalue weighted by molar-refractivity contribution is -0.122. The zero-order chi connectivity index (χ0) is 16.4. The van der Waals surface area contributed by atoms with Crippen LogP contribution in [0.15, 0.2) is 53.0 Å². The largest absolute Gasteiger partial charge is 0.326 e. The van der Waals surface area contributed by atoms with Gasteiger partial charge in [-0.15, -0.1) is 0 Å². The summed E-state index contributed by atoms with van der Waals surface area (Å²) >= 11 is 3.46. The van der Waals surface area contributed by atoms with E-state index in [2.05, 4.69) is 21.2 Å². The molecule has 1 heterocycles. The highest BCUT2D eigenvalue weighted by Crippen LogP contribution is 2.26. The fraction of sp³-hybridized carbons (Fsp3) is 0.222. The molecule has 1 aliphatic rings. The molecule has 0 bridgehead atoms. The topological polar surface area (TPSA) is 49.4 Å². The molecule has 1 fully saturated rings. The fourth-order valence-electron chi connectivity index (χ4n) is 2.66. The number of carbonyl (C=O) groups excluding carboxylic acids is 2. The van der Waals surface area contributed by atoms with Crippen molar-refractivity contribution in [3.05, 3.63) is 58.6 Å². The number of amides is 2. The lowest BCUT2D eigenvalue weighted by atomic mass is 10.1. The van der Waals surface area contributed by atoms with Crippen molar-refractivity contribution in [2.75, 3.05) is 16.8 Å². The summed E-state index contributed by atoms with van der Waals surface area (Å²) in [6, 6.07) is 15.1. The highest BCUT2D eigenvalue weighted by Gasteiger charge is 2.35. The van der Waals surface area contributed by atoms with Crippen LogP contribution in [-0.4, -0.2) is 18.4 Å². The first kappa shape index (κ1) is 15.7. The number of anilines is 2. The number of aryl methyl sites for hydroxylation is 1. The number of benzene rings is 2. The Hall–Kier alpha value is -2.14. The maximum Gasteiger partial charge on any atom is 0.229 e. The van der Waals surface area contributed by atoms with E-state index in [0.29, 0.717) is 6.54 Å². The predicted octanol–water partition coefficient (Wildman–Crippen LogP) is 3.75. The summed E-state index contributed by atoms with van der Waals surface area (Å²) in [7, 11) is 0. The van der Waals surface area contributed by atoms with E-state index in [-0.39, 0.29) is 24.2 Å². The number of halogens is 1. The SMILES string of the molecule is Cc1ccc(NC(=O)[C@@H]2CC(=O)N(c3ccccc3)C2)cc1Br. The van der Waals surface area contributed by atoms with Gasteiger partial charge in [0.15, 0.2) is 0 Å². The van der Waals surface area contributed by atoms with E-state index in [0.717, 1.165) is 21.4 Å². The van der Waals surface area contributed by atoms with Crippen LogP contribution in [0.2, 0.25) is 0 Å². The van der Waals surface area contributed by atoms with Gasteiger partial charge in [0.25, 0.3) is 0 Å². The molecule has 1 atom stereocenters. The third kappa shape index (κ3) is 3.45. The number of hydrogen-bond donors (Lipinski definition) is 1. The van der Waals surface area contributed by atoms with Gasteiger partial charge >= 0.3 is 0 Å². The number of para-hydroxylation sites is 1. The monoisotopic (exact) mass is 372 g/mol. The van der Waals surface area contributed by atoms with Crippen LogP contribution >= 0.6 is 15.9 Å². The summed E-state index contributed by atoms with van der Waals surface area (Å²) < 4.78 is 0.948. The first-order valence-electron chi connectivity index (χ1n) is 7.47. The van der Waals surface area contributed by atoms with E-state index >= 15 is 0 Å². The van der Waals surface area contributed by atoms with Crippen LogP contribution in [0.3, 0.4) is 0 Å². The van der Waals surface area contributed by atoms with E-state index in [1.807, 2.05) is 55.5 Å². The molecular weight excluding hydrogens is 356 g/mol. The van der Waals surface area contributed by atoms with Crippen LogP contribution in [0, 0.1) is 12.8 Å². The second-order valence-electron chi connectivity index (χ2n) is 5.69. The molecule has 0 aliphatic carbocycles. The van der Waals surface area contributed by atoms with Crippen molar-refractivity contribution >= 4 is 39.1 Å². The molecule has 2 amide bonds. The zero-order valence-corrected chi connectivity index (χ0v) is 14.3. The van der Waals surface area contributed by atoms with Crippen LogP contribution in [0.1, 0.15) is 12.0 Å². The molecule has 4 nitrogen and oxygen atoms in total. The minimum atomic E-state index is -0.331. The molecule has 0 saturated carbocycles. The molecule has 2 aromatic carbocycles. The number of nitrogens with zero attached hydrogens (tertiary/aromatic N) is 1. The molecule has 0 unspecified atom stereocenters. The standard InChI is InChI=1S/C18H17BrN2O2/c1-12-7-8-14(10-16(12)19)20-18(23)13-9-17(22)21(11-13)15-5-3-2-4-6-15/h2-8,10,13H,9,11H2,1H3,(H,20,23)/t13-/m1/s1.